The SMILES string of the molecule is CN1C(=O)[C@@H]2c3ccccc3[C@H]1[C@H]1C3CCC(CC3)[C@H]12. The molecule has 2 heterocycles. The van der Waals surface area contributed by atoms with Gasteiger partial charge in [-0.2, -0.15) is 0 Å². The molecule has 2 nitrogen and oxygen atoms in total. The standard InChI is InChI=1S/C18H21NO/c1-19-17-13-5-3-2-4-12(13)16(18(19)20)14-10-6-8-11(9-7-10)15(14)17/h2-5,10-11,14-17H,6-9H2,1H3/t10?,11?,14-,15+,16-,17+/m1/s1. The minimum absolute atomic E-state index is 0.166. The average molecular weight is 267 g/mol. The smallest absolute Gasteiger partial charge is 0.230 e. The molecule has 1 aromatic rings. The Bertz CT molecular complexity index is 587. The van der Waals surface area contributed by atoms with Crippen molar-refractivity contribution in [3.63, 3.8) is 0 Å². The van der Waals surface area contributed by atoms with Gasteiger partial charge in [-0.05, 0) is 60.5 Å². The predicted octanol–water partition coefficient (Wildman–Crippen LogP) is 3.35. The molecular weight excluding hydrogens is 246 g/mol. The highest BCUT2D eigenvalue weighted by atomic mass is 16.2. The van der Waals surface area contributed by atoms with Crippen molar-refractivity contribution in [3.8, 4) is 0 Å². The molecule has 0 spiro atoms. The van der Waals surface area contributed by atoms with Crippen LogP contribution in [0.3, 0.4) is 0 Å². The fraction of sp³-hybridized carbons (Fsp3) is 0.611. The zero-order valence-corrected chi connectivity index (χ0v) is 12.0. The van der Waals surface area contributed by atoms with Crippen molar-refractivity contribution in [3.05, 3.63) is 35.4 Å². The van der Waals surface area contributed by atoms with E-state index in [1.54, 1.807) is 0 Å². The second-order valence-electron chi connectivity index (χ2n) is 7.33. The van der Waals surface area contributed by atoms with E-state index >= 15 is 0 Å². The maximum absolute atomic E-state index is 12.8. The Morgan fingerprint density at radius 2 is 1.55 bits per heavy atom. The molecule has 0 unspecified atom stereocenters. The third-order valence-electron chi connectivity index (χ3n) is 6.78. The maximum Gasteiger partial charge on any atom is 0.230 e. The van der Waals surface area contributed by atoms with Gasteiger partial charge in [0.1, 0.15) is 0 Å². The van der Waals surface area contributed by atoms with Gasteiger partial charge in [0.2, 0.25) is 5.91 Å². The van der Waals surface area contributed by atoms with Crippen molar-refractivity contribution in [2.24, 2.45) is 23.7 Å². The zero-order chi connectivity index (χ0) is 13.4. The van der Waals surface area contributed by atoms with Gasteiger partial charge in [-0.25, -0.2) is 0 Å². The number of amides is 1. The normalized spacial score (nSPS) is 44.5. The maximum atomic E-state index is 12.8. The summed E-state index contributed by atoms with van der Waals surface area (Å²) in [5.74, 6) is 3.61. The van der Waals surface area contributed by atoms with Crippen molar-refractivity contribution in [1.82, 2.24) is 4.90 Å². The Balaban J connectivity index is 1.75. The number of fused-ring (bicyclic) bond motifs is 3. The van der Waals surface area contributed by atoms with Crippen LogP contribution in [0.1, 0.15) is 48.8 Å². The molecule has 4 atom stereocenters. The molecule has 0 radical (unpaired) electrons. The molecule has 4 aliphatic carbocycles. The van der Waals surface area contributed by atoms with Crippen LogP contribution in [0.4, 0.5) is 0 Å². The summed E-state index contributed by atoms with van der Waals surface area (Å²) in [6.45, 7) is 0. The van der Waals surface area contributed by atoms with Gasteiger partial charge in [0.05, 0.1) is 12.0 Å². The van der Waals surface area contributed by atoms with Crippen molar-refractivity contribution in [2.75, 3.05) is 7.05 Å². The van der Waals surface area contributed by atoms with Crippen molar-refractivity contribution in [1.29, 1.82) is 0 Å². The van der Waals surface area contributed by atoms with Crippen LogP contribution in [0.5, 0.6) is 0 Å². The van der Waals surface area contributed by atoms with E-state index in [9.17, 15) is 4.79 Å². The third kappa shape index (κ3) is 1.15. The van der Waals surface area contributed by atoms with Gasteiger partial charge < -0.3 is 4.90 Å². The number of carbonyl (C=O) groups excluding carboxylic acids is 1. The number of carbonyl (C=O) groups is 1. The first kappa shape index (κ1) is 11.4. The lowest BCUT2D eigenvalue weighted by Crippen LogP contribution is -2.60. The van der Waals surface area contributed by atoms with Crippen LogP contribution >= 0.6 is 0 Å². The van der Waals surface area contributed by atoms with Crippen LogP contribution in [0.15, 0.2) is 24.3 Å². The number of benzene rings is 1. The number of hydrogen-bond acceptors (Lipinski definition) is 1. The molecule has 4 bridgehead atoms. The Morgan fingerprint density at radius 1 is 0.950 bits per heavy atom. The van der Waals surface area contributed by atoms with E-state index in [2.05, 4.69) is 29.2 Å². The van der Waals surface area contributed by atoms with Gasteiger partial charge in [0.25, 0.3) is 0 Å². The van der Waals surface area contributed by atoms with Crippen molar-refractivity contribution >= 4 is 5.91 Å². The number of piperidine rings is 1. The van der Waals surface area contributed by atoms with E-state index in [1.807, 2.05) is 7.05 Å². The summed E-state index contributed by atoms with van der Waals surface area (Å²) in [4.78, 5) is 14.9. The summed E-state index contributed by atoms with van der Waals surface area (Å²) in [7, 11) is 2.04. The molecule has 104 valence electrons. The minimum atomic E-state index is 0.166. The summed E-state index contributed by atoms with van der Waals surface area (Å²) >= 11 is 0. The Labute approximate surface area is 120 Å². The molecule has 6 aliphatic rings. The fourth-order valence-electron chi connectivity index (χ4n) is 6.11. The summed E-state index contributed by atoms with van der Waals surface area (Å²) in [6, 6.07) is 9.11. The van der Waals surface area contributed by atoms with Gasteiger partial charge in [-0.1, -0.05) is 24.3 Å². The summed E-state index contributed by atoms with van der Waals surface area (Å²) < 4.78 is 0. The Hall–Kier alpha value is -1.31. The monoisotopic (exact) mass is 267 g/mol. The number of nitrogens with zero attached hydrogens (tertiary/aromatic N) is 1. The first-order valence-corrected chi connectivity index (χ1v) is 8.13. The van der Waals surface area contributed by atoms with Crippen molar-refractivity contribution < 1.29 is 4.79 Å². The molecule has 1 amide bonds. The predicted molar refractivity (Wildman–Crippen MR) is 77.1 cm³/mol. The summed E-state index contributed by atoms with van der Waals surface area (Å²) in [5, 5.41) is 0. The quantitative estimate of drug-likeness (QED) is 0.706. The molecule has 1 aromatic carbocycles. The van der Waals surface area contributed by atoms with E-state index in [1.165, 1.54) is 36.8 Å². The highest BCUT2D eigenvalue weighted by Crippen LogP contribution is 2.64. The van der Waals surface area contributed by atoms with E-state index < -0.39 is 0 Å². The van der Waals surface area contributed by atoms with Gasteiger partial charge >= 0.3 is 0 Å². The van der Waals surface area contributed by atoms with Gasteiger partial charge in [0, 0.05) is 7.05 Å². The molecule has 20 heavy (non-hydrogen) atoms. The molecule has 2 aliphatic heterocycles. The number of likely N-dealkylation sites (N-methyl/N-ethyl adjacent to an activating group) is 1. The second-order valence-corrected chi connectivity index (χ2v) is 7.33. The van der Waals surface area contributed by atoms with E-state index in [0.29, 0.717) is 17.9 Å². The van der Waals surface area contributed by atoms with Gasteiger partial charge in [-0.15, -0.1) is 0 Å². The molecule has 3 saturated carbocycles. The molecule has 1 saturated heterocycles. The highest BCUT2D eigenvalue weighted by molar-refractivity contribution is 5.88. The fourth-order valence-corrected chi connectivity index (χ4v) is 6.11. The first-order valence-electron chi connectivity index (χ1n) is 8.13. The van der Waals surface area contributed by atoms with Crippen LogP contribution in [-0.4, -0.2) is 17.9 Å². The zero-order valence-electron chi connectivity index (χ0n) is 12.0. The lowest BCUT2D eigenvalue weighted by Gasteiger charge is -2.62. The number of hydrogen-bond donors (Lipinski definition) is 0. The first-order chi connectivity index (χ1) is 9.77. The van der Waals surface area contributed by atoms with Crippen LogP contribution < -0.4 is 0 Å². The average Bonchev–Trinajstić information content (AvgIpc) is 2.51. The molecular formula is C18H21NO. The lowest BCUT2D eigenvalue weighted by atomic mass is 9.47. The Kier molecular flexibility index (Phi) is 2.08. The van der Waals surface area contributed by atoms with Crippen LogP contribution in [0, 0.1) is 23.7 Å². The number of rotatable bonds is 0. The highest BCUT2D eigenvalue weighted by Gasteiger charge is 2.60. The van der Waals surface area contributed by atoms with E-state index in [4.69, 9.17) is 0 Å². The molecule has 0 N–H and O–H groups in total. The second kappa shape index (κ2) is 3.66. The van der Waals surface area contributed by atoms with Gasteiger partial charge in [-0.3, -0.25) is 4.79 Å². The molecule has 4 fully saturated rings. The Morgan fingerprint density at radius 3 is 2.25 bits per heavy atom. The van der Waals surface area contributed by atoms with Gasteiger partial charge in [0.15, 0.2) is 0 Å². The van der Waals surface area contributed by atoms with Crippen LogP contribution in [0.25, 0.3) is 0 Å². The molecule has 2 heteroatoms. The van der Waals surface area contributed by atoms with Crippen LogP contribution in [-0.2, 0) is 4.79 Å². The van der Waals surface area contributed by atoms with E-state index in [0.717, 1.165) is 17.8 Å². The largest absolute Gasteiger partial charge is 0.338 e. The topological polar surface area (TPSA) is 20.3 Å². The van der Waals surface area contributed by atoms with Crippen LogP contribution in [0.2, 0.25) is 0 Å². The molecule has 7 rings (SSSR count). The minimum Gasteiger partial charge on any atom is -0.338 e. The molecule has 0 aromatic heterocycles. The summed E-state index contributed by atoms with van der Waals surface area (Å²) in [6.07, 6.45) is 5.54. The van der Waals surface area contributed by atoms with Crippen molar-refractivity contribution in [2.45, 2.75) is 37.6 Å². The van der Waals surface area contributed by atoms with E-state index in [-0.39, 0.29) is 5.92 Å². The third-order valence-corrected chi connectivity index (χ3v) is 6.78. The summed E-state index contributed by atoms with van der Waals surface area (Å²) in [5.41, 5.74) is 2.81. The lowest BCUT2D eigenvalue weighted by molar-refractivity contribution is -0.158.